The number of hydrogen-bond donors (Lipinski definition) is 0. The van der Waals surface area contributed by atoms with Crippen LogP contribution in [0.5, 0.6) is 0 Å². The average Bonchev–Trinajstić information content (AvgIpc) is 2.60. The van der Waals surface area contributed by atoms with Gasteiger partial charge in [0.05, 0.1) is 10.0 Å². The van der Waals surface area contributed by atoms with E-state index >= 15 is 0 Å². The van der Waals surface area contributed by atoms with Crippen molar-refractivity contribution >= 4 is 39.1 Å². The molecule has 2 atom stereocenters. The number of carbonyl (C=O) groups is 1. The van der Waals surface area contributed by atoms with Crippen LogP contribution in [0.3, 0.4) is 0 Å². The van der Waals surface area contributed by atoms with Gasteiger partial charge in [-0.05, 0) is 43.2 Å². The highest BCUT2D eigenvalue weighted by Crippen LogP contribution is 2.34. The van der Waals surface area contributed by atoms with Gasteiger partial charge in [0.1, 0.15) is 4.90 Å². The van der Waals surface area contributed by atoms with Crippen molar-refractivity contribution in [2.75, 3.05) is 26.2 Å². The van der Waals surface area contributed by atoms with Crippen LogP contribution in [0.2, 0.25) is 10.0 Å². The first-order valence-corrected chi connectivity index (χ1v) is 11.6. The molecule has 5 nitrogen and oxygen atoms in total. The molecule has 1 aromatic carbocycles. The first-order chi connectivity index (χ1) is 12.7. The van der Waals surface area contributed by atoms with Gasteiger partial charge >= 0.3 is 0 Å². The first-order valence-electron chi connectivity index (χ1n) is 9.43. The van der Waals surface area contributed by atoms with Crippen LogP contribution in [-0.4, -0.2) is 49.7 Å². The number of amides is 1. The van der Waals surface area contributed by atoms with Crippen molar-refractivity contribution in [2.45, 2.75) is 38.0 Å². The molecule has 1 amide bonds. The normalized spacial score (nSPS) is 25.6. The van der Waals surface area contributed by atoms with Crippen molar-refractivity contribution in [1.29, 1.82) is 0 Å². The Labute approximate surface area is 171 Å². The van der Waals surface area contributed by atoms with Crippen LogP contribution in [0.4, 0.5) is 0 Å². The number of likely N-dealkylation sites (tertiary alicyclic amines) is 1. The van der Waals surface area contributed by atoms with Crippen molar-refractivity contribution in [3.8, 4) is 0 Å². The van der Waals surface area contributed by atoms with Gasteiger partial charge in [0, 0.05) is 32.1 Å². The number of carbonyl (C=O) groups excluding carboxylic acids is 1. The third kappa shape index (κ3) is 4.44. The monoisotopic (exact) mass is 432 g/mol. The molecule has 2 aliphatic rings. The molecule has 1 aromatic rings. The summed E-state index contributed by atoms with van der Waals surface area (Å²) in [6, 6.07) is 4.67. The second-order valence-corrected chi connectivity index (χ2v) is 10.6. The van der Waals surface area contributed by atoms with Crippen LogP contribution in [-0.2, 0) is 14.8 Å². The van der Waals surface area contributed by atoms with E-state index in [0.29, 0.717) is 37.8 Å². The summed E-state index contributed by atoms with van der Waals surface area (Å²) in [7, 11) is -3.77. The lowest BCUT2D eigenvalue weighted by atomic mass is 9.89. The molecule has 0 N–H and O–H groups in total. The van der Waals surface area contributed by atoms with Crippen molar-refractivity contribution in [2.24, 2.45) is 17.8 Å². The molecule has 0 bridgehead atoms. The molecule has 27 heavy (non-hydrogen) atoms. The third-order valence-corrected chi connectivity index (χ3v) is 8.36. The van der Waals surface area contributed by atoms with Gasteiger partial charge in [0.2, 0.25) is 15.9 Å². The molecule has 0 aromatic heterocycles. The summed E-state index contributed by atoms with van der Waals surface area (Å²) in [4.78, 5) is 14.8. The number of sulfonamides is 1. The molecule has 2 heterocycles. The molecule has 2 saturated heterocycles. The van der Waals surface area contributed by atoms with Gasteiger partial charge in [-0.25, -0.2) is 8.42 Å². The molecule has 2 fully saturated rings. The Morgan fingerprint density at radius 1 is 1.04 bits per heavy atom. The van der Waals surface area contributed by atoms with E-state index in [9.17, 15) is 13.2 Å². The fraction of sp³-hybridized carbons (Fsp3) is 0.632. The number of rotatable bonds is 3. The topological polar surface area (TPSA) is 57.7 Å². The van der Waals surface area contributed by atoms with Crippen LogP contribution >= 0.6 is 23.2 Å². The van der Waals surface area contributed by atoms with Gasteiger partial charge in [-0.3, -0.25) is 4.79 Å². The zero-order chi connectivity index (χ0) is 19.8. The lowest BCUT2D eigenvalue weighted by Gasteiger charge is -2.39. The maximum Gasteiger partial charge on any atom is 0.246 e. The molecule has 2 unspecified atom stereocenters. The quantitative estimate of drug-likeness (QED) is 0.727. The predicted octanol–water partition coefficient (Wildman–Crippen LogP) is 3.90. The largest absolute Gasteiger partial charge is 0.342 e. The number of benzene rings is 1. The highest BCUT2D eigenvalue weighted by molar-refractivity contribution is 7.89. The summed E-state index contributed by atoms with van der Waals surface area (Å²) in [6.45, 7) is 6.57. The van der Waals surface area contributed by atoms with Crippen LogP contribution in [0.1, 0.15) is 33.1 Å². The lowest BCUT2D eigenvalue weighted by molar-refractivity contribution is -0.139. The molecular formula is C19H26Cl2N2O3S. The van der Waals surface area contributed by atoms with E-state index in [4.69, 9.17) is 23.2 Å². The van der Waals surface area contributed by atoms with Crippen molar-refractivity contribution in [3.63, 3.8) is 0 Å². The van der Waals surface area contributed by atoms with Crippen molar-refractivity contribution < 1.29 is 13.2 Å². The Bertz CT molecular complexity index is 777. The fourth-order valence-electron chi connectivity index (χ4n) is 4.30. The Morgan fingerprint density at radius 2 is 1.56 bits per heavy atom. The highest BCUT2D eigenvalue weighted by Gasteiger charge is 2.36. The van der Waals surface area contributed by atoms with Gasteiger partial charge < -0.3 is 4.90 Å². The highest BCUT2D eigenvalue weighted by atomic mass is 35.5. The summed E-state index contributed by atoms with van der Waals surface area (Å²) in [6.07, 6.45) is 2.21. The van der Waals surface area contributed by atoms with Gasteiger partial charge in [0.15, 0.2) is 0 Å². The van der Waals surface area contributed by atoms with E-state index in [-0.39, 0.29) is 26.8 Å². The Balaban J connectivity index is 1.67. The second kappa shape index (κ2) is 8.27. The van der Waals surface area contributed by atoms with E-state index in [1.165, 1.54) is 16.4 Å². The van der Waals surface area contributed by atoms with E-state index in [1.54, 1.807) is 6.07 Å². The van der Waals surface area contributed by atoms with Crippen molar-refractivity contribution in [3.05, 3.63) is 28.2 Å². The SMILES string of the molecule is CC1CC(C)CN(C(=O)C2CCN(S(=O)(=O)c3c(Cl)cccc3Cl)CC2)C1. The lowest BCUT2D eigenvalue weighted by Crippen LogP contribution is -2.48. The predicted molar refractivity (Wildman–Crippen MR) is 107 cm³/mol. The summed E-state index contributed by atoms with van der Waals surface area (Å²) in [5.41, 5.74) is 0. The zero-order valence-electron chi connectivity index (χ0n) is 15.7. The minimum absolute atomic E-state index is 0.0446. The first kappa shape index (κ1) is 20.9. The van der Waals surface area contributed by atoms with Crippen LogP contribution < -0.4 is 0 Å². The maximum absolute atomic E-state index is 13.0. The minimum atomic E-state index is -3.77. The van der Waals surface area contributed by atoms with Crippen LogP contribution in [0.15, 0.2) is 23.1 Å². The molecule has 150 valence electrons. The minimum Gasteiger partial charge on any atom is -0.342 e. The van der Waals surface area contributed by atoms with Crippen LogP contribution in [0, 0.1) is 17.8 Å². The molecule has 0 saturated carbocycles. The molecular weight excluding hydrogens is 407 g/mol. The molecule has 0 radical (unpaired) electrons. The summed E-state index contributed by atoms with van der Waals surface area (Å²) in [5, 5.41) is 0.244. The second-order valence-electron chi connectivity index (χ2n) is 7.92. The summed E-state index contributed by atoms with van der Waals surface area (Å²) in [5.74, 6) is 1.08. The Morgan fingerprint density at radius 3 is 2.07 bits per heavy atom. The van der Waals surface area contributed by atoms with Gasteiger partial charge in [-0.1, -0.05) is 43.1 Å². The van der Waals surface area contributed by atoms with Gasteiger partial charge in [0.25, 0.3) is 0 Å². The smallest absolute Gasteiger partial charge is 0.246 e. The van der Waals surface area contributed by atoms with Gasteiger partial charge in [-0.2, -0.15) is 4.31 Å². The van der Waals surface area contributed by atoms with E-state index < -0.39 is 10.0 Å². The third-order valence-electron chi connectivity index (χ3n) is 5.50. The fourth-order valence-corrected chi connectivity index (χ4v) is 6.86. The maximum atomic E-state index is 13.0. The number of nitrogens with zero attached hydrogens (tertiary/aromatic N) is 2. The zero-order valence-corrected chi connectivity index (χ0v) is 18.0. The van der Waals surface area contributed by atoms with Gasteiger partial charge in [-0.15, -0.1) is 0 Å². The van der Waals surface area contributed by atoms with E-state index in [2.05, 4.69) is 13.8 Å². The number of hydrogen-bond acceptors (Lipinski definition) is 3. The molecule has 8 heteroatoms. The Hall–Kier alpha value is -0.820. The summed E-state index contributed by atoms with van der Waals surface area (Å²) >= 11 is 12.2. The van der Waals surface area contributed by atoms with Crippen LogP contribution in [0.25, 0.3) is 0 Å². The molecule has 0 spiro atoms. The van der Waals surface area contributed by atoms with E-state index in [1.807, 2.05) is 4.90 Å². The number of halogens is 2. The molecule has 2 aliphatic heterocycles. The standard InChI is InChI=1S/C19H26Cl2N2O3S/c1-13-10-14(2)12-22(11-13)19(24)15-6-8-23(9-7-15)27(25,26)18-16(20)4-3-5-17(18)21/h3-5,13-15H,6-12H2,1-2H3. The molecule has 3 rings (SSSR count). The summed E-state index contributed by atoms with van der Waals surface area (Å²) < 4.78 is 27.3. The van der Waals surface area contributed by atoms with E-state index in [0.717, 1.165) is 19.5 Å². The number of piperidine rings is 2. The Kier molecular flexibility index (Phi) is 6.41. The van der Waals surface area contributed by atoms with Crippen molar-refractivity contribution in [1.82, 2.24) is 9.21 Å². The average molecular weight is 433 g/mol. The molecule has 0 aliphatic carbocycles.